The van der Waals surface area contributed by atoms with Crippen molar-refractivity contribution in [3.63, 3.8) is 0 Å². The molecule has 2 aromatic rings. The van der Waals surface area contributed by atoms with Crippen LogP contribution in [0.15, 0.2) is 36.4 Å². The average molecular weight is 307 g/mol. The van der Waals surface area contributed by atoms with Gasteiger partial charge in [0, 0.05) is 17.5 Å². The van der Waals surface area contributed by atoms with E-state index >= 15 is 0 Å². The topological polar surface area (TPSA) is 9.23 Å². The summed E-state index contributed by atoms with van der Waals surface area (Å²) < 4.78 is 19.5. The molecule has 0 saturated heterocycles. The van der Waals surface area contributed by atoms with Crippen LogP contribution in [0.4, 0.5) is 4.39 Å². The first-order valence-corrected chi connectivity index (χ1v) is 7.47. The van der Waals surface area contributed by atoms with Crippen LogP contribution in [-0.2, 0) is 11.3 Å². The Hall–Kier alpha value is -1.54. The third-order valence-corrected chi connectivity index (χ3v) is 3.57. The number of halogens is 2. The van der Waals surface area contributed by atoms with Crippen molar-refractivity contribution in [3.05, 3.63) is 58.9 Å². The maximum absolute atomic E-state index is 13.6. The molecule has 0 saturated carbocycles. The van der Waals surface area contributed by atoms with Crippen molar-refractivity contribution in [2.24, 2.45) is 0 Å². The van der Waals surface area contributed by atoms with Crippen molar-refractivity contribution >= 4 is 11.6 Å². The molecule has 2 rings (SSSR count). The molecule has 2 aromatic carbocycles. The molecule has 0 fully saturated rings. The van der Waals surface area contributed by atoms with Gasteiger partial charge in [0.05, 0.1) is 0 Å². The molecule has 0 unspecified atom stereocenters. The lowest BCUT2D eigenvalue weighted by molar-refractivity contribution is 0.450. The minimum atomic E-state index is -0.340. The molecular weight excluding hydrogens is 287 g/mol. The Morgan fingerprint density at radius 2 is 1.81 bits per heavy atom. The van der Waals surface area contributed by atoms with E-state index in [9.17, 15) is 4.39 Å². The normalized spacial score (nSPS) is 11.5. The SMILES string of the molecule is Cc1ccc(C(C)(C)C)c(Oc2cc(F)cc(CCl)c2)c1. The molecule has 0 aliphatic rings. The van der Waals surface area contributed by atoms with Crippen molar-refractivity contribution in [1.29, 1.82) is 0 Å². The molecule has 0 amide bonds. The van der Waals surface area contributed by atoms with Crippen molar-refractivity contribution < 1.29 is 9.13 Å². The molecule has 1 nitrogen and oxygen atoms in total. The molecule has 0 bridgehead atoms. The van der Waals surface area contributed by atoms with Gasteiger partial charge < -0.3 is 4.74 Å². The van der Waals surface area contributed by atoms with E-state index in [2.05, 4.69) is 32.9 Å². The first-order valence-electron chi connectivity index (χ1n) is 6.94. The Morgan fingerprint density at radius 1 is 1.10 bits per heavy atom. The van der Waals surface area contributed by atoms with Gasteiger partial charge in [-0.25, -0.2) is 4.39 Å². The largest absolute Gasteiger partial charge is 0.457 e. The molecule has 0 aliphatic heterocycles. The van der Waals surface area contributed by atoms with Gasteiger partial charge in [0.1, 0.15) is 17.3 Å². The van der Waals surface area contributed by atoms with Gasteiger partial charge in [-0.05, 0) is 41.7 Å². The van der Waals surface area contributed by atoms with Crippen LogP contribution in [0.1, 0.15) is 37.5 Å². The van der Waals surface area contributed by atoms with Crippen LogP contribution >= 0.6 is 11.6 Å². The second kappa shape index (κ2) is 6.07. The fourth-order valence-corrected chi connectivity index (χ4v) is 2.37. The fourth-order valence-electron chi connectivity index (χ4n) is 2.22. The summed E-state index contributed by atoms with van der Waals surface area (Å²) in [6.45, 7) is 8.38. The van der Waals surface area contributed by atoms with Crippen LogP contribution in [0.5, 0.6) is 11.5 Å². The molecule has 0 spiro atoms. The summed E-state index contributed by atoms with van der Waals surface area (Å²) in [6.07, 6.45) is 0. The summed E-state index contributed by atoms with van der Waals surface area (Å²) >= 11 is 5.78. The van der Waals surface area contributed by atoms with Gasteiger partial charge in [0.2, 0.25) is 0 Å². The van der Waals surface area contributed by atoms with Gasteiger partial charge in [-0.3, -0.25) is 0 Å². The predicted octanol–water partition coefficient (Wildman–Crippen LogP) is 5.96. The number of alkyl halides is 1. The minimum absolute atomic E-state index is 0.0499. The quantitative estimate of drug-likeness (QED) is 0.635. The van der Waals surface area contributed by atoms with Crippen LogP contribution in [0.2, 0.25) is 0 Å². The van der Waals surface area contributed by atoms with Gasteiger partial charge in [-0.1, -0.05) is 32.9 Å². The summed E-state index contributed by atoms with van der Waals surface area (Å²) in [7, 11) is 0. The van der Waals surface area contributed by atoms with Gasteiger partial charge >= 0.3 is 0 Å². The summed E-state index contributed by atoms with van der Waals surface area (Å²) in [4.78, 5) is 0. The molecule has 0 atom stereocenters. The lowest BCUT2D eigenvalue weighted by Gasteiger charge is -2.23. The number of benzene rings is 2. The van der Waals surface area contributed by atoms with Gasteiger partial charge in [0.15, 0.2) is 0 Å². The molecular formula is C18H20ClFO. The zero-order valence-corrected chi connectivity index (χ0v) is 13.6. The highest BCUT2D eigenvalue weighted by atomic mass is 35.5. The third-order valence-electron chi connectivity index (χ3n) is 3.26. The second-order valence-electron chi connectivity index (χ2n) is 6.28. The Kier molecular flexibility index (Phi) is 4.58. The average Bonchev–Trinajstić information content (AvgIpc) is 2.36. The van der Waals surface area contributed by atoms with Crippen molar-refractivity contribution in [1.82, 2.24) is 0 Å². The lowest BCUT2D eigenvalue weighted by atomic mass is 9.86. The van der Waals surface area contributed by atoms with E-state index in [0.717, 1.165) is 16.9 Å². The Morgan fingerprint density at radius 3 is 2.43 bits per heavy atom. The summed E-state index contributed by atoms with van der Waals surface area (Å²) in [6, 6.07) is 10.7. The summed E-state index contributed by atoms with van der Waals surface area (Å²) in [5.74, 6) is 1.15. The number of ether oxygens (including phenoxy) is 1. The van der Waals surface area contributed by atoms with Gasteiger partial charge in [-0.2, -0.15) is 0 Å². The highest BCUT2D eigenvalue weighted by Crippen LogP contribution is 2.35. The Balaban J connectivity index is 2.44. The molecule has 0 N–H and O–H groups in total. The molecule has 0 heterocycles. The standard InChI is InChI=1S/C18H20ClFO/c1-12-5-6-16(18(2,3)4)17(7-12)21-15-9-13(11-19)8-14(20)10-15/h5-10H,11H2,1-4H3. The molecule has 3 heteroatoms. The van der Waals surface area contributed by atoms with E-state index in [1.54, 1.807) is 6.07 Å². The smallest absolute Gasteiger partial charge is 0.131 e. The summed E-state index contributed by atoms with van der Waals surface area (Å²) in [5.41, 5.74) is 2.85. The van der Waals surface area contributed by atoms with Gasteiger partial charge in [0.25, 0.3) is 0 Å². The van der Waals surface area contributed by atoms with E-state index in [1.165, 1.54) is 12.1 Å². The van der Waals surface area contributed by atoms with E-state index in [1.807, 2.05) is 13.0 Å². The van der Waals surface area contributed by atoms with Crippen LogP contribution in [-0.4, -0.2) is 0 Å². The first-order chi connectivity index (χ1) is 9.79. The molecule has 112 valence electrons. The predicted molar refractivity (Wildman–Crippen MR) is 85.9 cm³/mol. The lowest BCUT2D eigenvalue weighted by Crippen LogP contribution is -2.12. The van der Waals surface area contributed by atoms with E-state index in [4.69, 9.17) is 16.3 Å². The first kappa shape index (κ1) is 15.8. The van der Waals surface area contributed by atoms with Crippen molar-refractivity contribution in [3.8, 4) is 11.5 Å². The monoisotopic (exact) mass is 306 g/mol. The Bertz CT molecular complexity index is 644. The number of hydrogen-bond donors (Lipinski definition) is 0. The highest BCUT2D eigenvalue weighted by Gasteiger charge is 2.19. The fraction of sp³-hybridized carbons (Fsp3) is 0.333. The van der Waals surface area contributed by atoms with Gasteiger partial charge in [-0.15, -0.1) is 11.6 Å². The molecule has 0 radical (unpaired) electrons. The van der Waals surface area contributed by atoms with E-state index in [0.29, 0.717) is 11.3 Å². The number of aryl methyl sites for hydroxylation is 1. The van der Waals surface area contributed by atoms with Crippen molar-refractivity contribution in [2.75, 3.05) is 0 Å². The zero-order chi connectivity index (χ0) is 15.6. The summed E-state index contributed by atoms with van der Waals surface area (Å²) in [5, 5.41) is 0. The third kappa shape index (κ3) is 3.98. The van der Waals surface area contributed by atoms with Crippen LogP contribution in [0.25, 0.3) is 0 Å². The van der Waals surface area contributed by atoms with E-state index < -0.39 is 0 Å². The Labute approximate surface area is 130 Å². The van der Waals surface area contributed by atoms with Crippen LogP contribution < -0.4 is 4.74 Å². The number of hydrogen-bond acceptors (Lipinski definition) is 1. The molecule has 0 aromatic heterocycles. The molecule has 0 aliphatic carbocycles. The molecule has 21 heavy (non-hydrogen) atoms. The minimum Gasteiger partial charge on any atom is -0.457 e. The zero-order valence-electron chi connectivity index (χ0n) is 12.8. The van der Waals surface area contributed by atoms with Crippen LogP contribution in [0, 0.1) is 12.7 Å². The maximum Gasteiger partial charge on any atom is 0.131 e. The van der Waals surface area contributed by atoms with Crippen LogP contribution in [0.3, 0.4) is 0 Å². The second-order valence-corrected chi connectivity index (χ2v) is 6.55. The van der Waals surface area contributed by atoms with Crippen molar-refractivity contribution in [2.45, 2.75) is 39.0 Å². The maximum atomic E-state index is 13.6. The highest BCUT2D eigenvalue weighted by molar-refractivity contribution is 6.17. The van der Waals surface area contributed by atoms with E-state index in [-0.39, 0.29) is 17.1 Å². The number of rotatable bonds is 3.